The molecule has 0 saturated carbocycles. The Morgan fingerprint density at radius 1 is 1.25 bits per heavy atom. The first-order valence-electron chi connectivity index (χ1n) is 6.67. The number of methoxy groups -OCH3 is 1. The van der Waals surface area contributed by atoms with E-state index >= 15 is 0 Å². The molecule has 0 aliphatic carbocycles. The van der Waals surface area contributed by atoms with Crippen LogP contribution in [0, 0.1) is 11.8 Å². The van der Waals surface area contributed by atoms with Gasteiger partial charge in [-0.1, -0.05) is 0 Å². The van der Waals surface area contributed by atoms with Crippen molar-refractivity contribution in [2.24, 2.45) is 11.8 Å². The number of carbonyl (C=O) groups is 1. The van der Waals surface area contributed by atoms with E-state index in [0.717, 1.165) is 37.6 Å². The van der Waals surface area contributed by atoms with E-state index in [9.17, 15) is 4.79 Å². The van der Waals surface area contributed by atoms with E-state index in [2.05, 4.69) is 10.6 Å². The zero-order chi connectivity index (χ0) is 13.2. The fourth-order valence-electron chi connectivity index (χ4n) is 2.90. The van der Waals surface area contributed by atoms with Gasteiger partial charge in [0.05, 0.1) is 7.11 Å². The molecule has 6 heteroatoms. The molecule has 2 atom stereocenters. The Hall–Kier alpha value is -1.46. The highest BCUT2D eigenvalue weighted by Crippen LogP contribution is 2.26. The van der Waals surface area contributed by atoms with E-state index in [1.54, 1.807) is 7.11 Å². The molecule has 0 spiro atoms. The standard InChI is InChI=1S/C14H19N3O2.ClH/c1-19-13-4-2-12(3-5-13)16-14(18)17-8-10-6-15-7-11(10)9-17;/h2-5,10-11,15H,6-9H2,1H3,(H,16,18);1H. The summed E-state index contributed by atoms with van der Waals surface area (Å²) in [7, 11) is 1.63. The molecule has 2 unspecified atom stereocenters. The second-order valence-corrected chi connectivity index (χ2v) is 5.24. The summed E-state index contributed by atoms with van der Waals surface area (Å²) < 4.78 is 5.09. The Labute approximate surface area is 125 Å². The minimum absolute atomic E-state index is 0. The largest absolute Gasteiger partial charge is 0.497 e. The lowest BCUT2D eigenvalue weighted by Gasteiger charge is -2.18. The van der Waals surface area contributed by atoms with Gasteiger partial charge < -0.3 is 20.3 Å². The quantitative estimate of drug-likeness (QED) is 0.875. The maximum atomic E-state index is 12.2. The fraction of sp³-hybridized carbons (Fsp3) is 0.500. The number of fused-ring (bicyclic) bond motifs is 1. The number of rotatable bonds is 2. The van der Waals surface area contributed by atoms with E-state index < -0.39 is 0 Å². The van der Waals surface area contributed by atoms with E-state index in [1.807, 2.05) is 29.2 Å². The van der Waals surface area contributed by atoms with Crippen LogP contribution in [0.25, 0.3) is 0 Å². The highest BCUT2D eigenvalue weighted by atomic mass is 35.5. The molecular weight excluding hydrogens is 278 g/mol. The van der Waals surface area contributed by atoms with Crippen molar-refractivity contribution in [2.75, 3.05) is 38.6 Å². The van der Waals surface area contributed by atoms with E-state index in [0.29, 0.717) is 11.8 Å². The van der Waals surface area contributed by atoms with Crippen LogP contribution in [0.2, 0.25) is 0 Å². The molecule has 20 heavy (non-hydrogen) atoms. The predicted molar refractivity (Wildman–Crippen MR) is 80.7 cm³/mol. The van der Waals surface area contributed by atoms with E-state index in [4.69, 9.17) is 4.74 Å². The monoisotopic (exact) mass is 297 g/mol. The average Bonchev–Trinajstić information content (AvgIpc) is 3.00. The molecule has 2 aliphatic heterocycles. The summed E-state index contributed by atoms with van der Waals surface area (Å²) >= 11 is 0. The maximum Gasteiger partial charge on any atom is 0.321 e. The van der Waals surface area contributed by atoms with Crippen molar-refractivity contribution >= 4 is 24.1 Å². The van der Waals surface area contributed by atoms with Gasteiger partial charge in [0.25, 0.3) is 0 Å². The zero-order valence-electron chi connectivity index (χ0n) is 11.5. The number of hydrogen-bond donors (Lipinski definition) is 2. The van der Waals surface area contributed by atoms with Gasteiger partial charge >= 0.3 is 6.03 Å². The molecule has 1 aromatic rings. The minimum Gasteiger partial charge on any atom is -0.497 e. The molecule has 2 saturated heterocycles. The van der Waals surface area contributed by atoms with Crippen molar-refractivity contribution in [3.8, 4) is 5.75 Å². The van der Waals surface area contributed by atoms with E-state index in [1.165, 1.54) is 0 Å². The molecule has 0 bridgehead atoms. The van der Waals surface area contributed by atoms with Gasteiger partial charge in [0.1, 0.15) is 5.75 Å². The van der Waals surface area contributed by atoms with Crippen LogP contribution in [-0.4, -0.2) is 44.2 Å². The van der Waals surface area contributed by atoms with Crippen molar-refractivity contribution in [1.82, 2.24) is 10.2 Å². The molecule has 5 nitrogen and oxygen atoms in total. The van der Waals surface area contributed by atoms with Crippen LogP contribution in [0.15, 0.2) is 24.3 Å². The highest BCUT2D eigenvalue weighted by Gasteiger charge is 2.37. The molecule has 3 rings (SSSR count). The van der Waals surface area contributed by atoms with Crippen LogP contribution in [0.5, 0.6) is 5.75 Å². The SMILES string of the molecule is COc1ccc(NC(=O)N2CC3CNCC3C2)cc1.Cl. The number of amides is 2. The molecule has 1 aromatic carbocycles. The predicted octanol–water partition coefficient (Wildman–Crippen LogP) is 1.80. The lowest BCUT2D eigenvalue weighted by atomic mass is 10.0. The lowest BCUT2D eigenvalue weighted by Crippen LogP contribution is -2.35. The summed E-state index contributed by atoms with van der Waals surface area (Å²) in [6.45, 7) is 3.80. The number of nitrogens with zero attached hydrogens (tertiary/aromatic N) is 1. The van der Waals surface area contributed by atoms with Gasteiger partial charge in [0, 0.05) is 31.9 Å². The van der Waals surface area contributed by atoms with Gasteiger partial charge in [-0.25, -0.2) is 4.79 Å². The molecule has 2 amide bonds. The van der Waals surface area contributed by atoms with Crippen LogP contribution in [-0.2, 0) is 0 Å². The van der Waals surface area contributed by atoms with Crippen LogP contribution < -0.4 is 15.4 Å². The summed E-state index contributed by atoms with van der Waals surface area (Å²) in [6.07, 6.45) is 0. The van der Waals surface area contributed by atoms with Gasteiger partial charge in [-0.2, -0.15) is 0 Å². The first-order chi connectivity index (χ1) is 9.26. The number of hydrogen-bond acceptors (Lipinski definition) is 3. The Kier molecular flexibility index (Phi) is 4.73. The van der Waals surface area contributed by atoms with E-state index in [-0.39, 0.29) is 18.4 Å². The summed E-state index contributed by atoms with van der Waals surface area (Å²) in [6, 6.07) is 7.40. The van der Waals surface area contributed by atoms with Gasteiger partial charge in [0.15, 0.2) is 0 Å². The smallest absolute Gasteiger partial charge is 0.321 e. The second-order valence-electron chi connectivity index (χ2n) is 5.24. The summed E-state index contributed by atoms with van der Waals surface area (Å²) in [5, 5.41) is 6.31. The number of anilines is 1. The van der Waals surface area contributed by atoms with Crippen molar-refractivity contribution in [3.05, 3.63) is 24.3 Å². The number of urea groups is 1. The van der Waals surface area contributed by atoms with Gasteiger partial charge in [-0.3, -0.25) is 0 Å². The highest BCUT2D eigenvalue weighted by molar-refractivity contribution is 5.89. The topological polar surface area (TPSA) is 53.6 Å². The third-order valence-corrected chi connectivity index (χ3v) is 4.02. The first-order valence-corrected chi connectivity index (χ1v) is 6.67. The fourth-order valence-corrected chi connectivity index (χ4v) is 2.90. The third kappa shape index (κ3) is 2.99. The number of ether oxygens (including phenoxy) is 1. The maximum absolute atomic E-state index is 12.2. The molecular formula is C14H20ClN3O2. The lowest BCUT2D eigenvalue weighted by molar-refractivity contribution is 0.219. The Bertz CT molecular complexity index is 454. The molecule has 0 aromatic heterocycles. The number of likely N-dealkylation sites (tertiary alicyclic amines) is 1. The summed E-state index contributed by atoms with van der Waals surface area (Å²) in [4.78, 5) is 14.1. The number of halogens is 1. The zero-order valence-corrected chi connectivity index (χ0v) is 12.3. The molecule has 110 valence electrons. The van der Waals surface area contributed by atoms with Crippen LogP contribution in [0.4, 0.5) is 10.5 Å². The Balaban J connectivity index is 0.00000147. The van der Waals surface area contributed by atoms with Crippen molar-refractivity contribution in [3.63, 3.8) is 0 Å². The normalized spacial score (nSPS) is 23.9. The van der Waals surface area contributed by atoms with Crippen LogP contribution in [0.1, 0.15) is 0 Å². The molecule has 0 radical (unpaired) electrons. The second kappa shape index (κ2) is 6.33. The van der Waals surface area contributed by atoms with Crippen molar-refractivity contribution in [2.45, 2.75) is 0 Å². The molecule has 2 heterocycles. The number of carbonyl (C=O) groups excluding carboxylic acids is 1. The third-order valence-electron chi connectivity index (χ3n) is 4.02. The Morgan fingerprint density at radius 3 is 2.40 bits per heavy atom. The molecule has 2 aliphatic rings. The van der Waals surface area contributed by atoms with Gasteiger partial charge in [0.2, 0.25) is 0 Å². The van der Waals surface area contributed by atoms with Crippen molar-refractivity contribution in [1.29, 1.82) is 0 Å². The van der Waals surface area contributed by atoms with Crippen LogP contribution >= 0.6 is 12.4 Å². The molecule has 2 N–H and O–H groups in total. The molecule has 2 fully saturated rings. The number of nitrogens with one attached hydrogen (secondary N) is 2. The number of benzene rings is 1. The Morgan fingerprint density at radius 2 is 1.85 bits per heavy atom. The first kappa shape index (κ1) is 14.9. The summed E-state index contributed by atoms with van der Waals surface area (Å²) in [5.41, 5.74) is 0.806. The van der Waals surface area contributed by atoms with Crippen molar-refractivity contribution < 1.29 is 9.53 Å². The van der Waals surface area contributed by atoms with Gasteiger partial charge in [-0.15, -0.1) is 12.4 Å². The summed E-state index contributed by atoms with van der Waals surface area (Å²) in [5.74, 6) is 2.04. The van der Waals surface area contributed by atoms with Gasteiger partial charge in [-0.05, 0) is 36.1 Å². The van der Waals surface area contributed by atoms with Crippen LogP contribution in [0.3, 0.4) is 0 Å². The minimum atomic E-state index is -0.000401. The average molecular weight is 298 g/mol.